The zero-order chi connectivity index (χ0) is 19.1. The molecule has 1 N–H and O–H groups in total. The summed E-state index contributed by atoms with van der Waals surface area (Å²) in [6.45, 7) is 3.55. The minimum atomic E-state index is 0.00303. The van der Waals surface area contributed by atoms with Gasteiger partial charge in [-0.3, -0.25) is 4.79 Å². The number of nitrogens with one attached hydrogen (secondary N) is 1. The van der Waals surface area contributed by atoms with Gasteiger partial charge in [-0.05, 0) is 54.3 Å². The highest BCUT2D eigenvalue weighted by Crippen LogP contribution is 2.19. The fraction of sp³-hybridized carbons (Fsp3) is 0.160. The van der Waals surface area contributed by atoms with Crippen molar-refractivity contribution in [3.63, 3.8) is 0 Å². The van der Waals surface area contributed by atoms with E-state index in [1.165, 1.54) is 16.7 Å². The summed E-state index contributed by atoms with van der Waals surface area (Å²) in [5.41, 5.74) is 5.57. The third-order valence-corrected chi connectivity index (χ3v) is 4.29. The van der Waals surface area contributed by atoms with Gasteiger partial charge in [0.2, 0.25) is 5.91 Å². The summed E-state index contributed by atoms with van der Waals surface area (Å²) >= 11 is 0. The lowest BCUT2D eigenvalue weighted by Gasteiger charge is -2.12. The molecule has 0 spiro atoms. The average Bonchev–Trinajstić information content (AvgIpc) is 2.68. The second kappa shape index (κ2) is 8.87. The van der Waals surface area contributed by atoms with Crippen LogP contribution in [0.25, 0.3) is 11.1 Å². The molecule has 1 unspecified atom stereocenters. The van der Waals surface area contributed by atoms with Crippen LogP contribution in [0.15, 0.2) is 78.9 Å². The molecule has 2 heteroatoms. The number of rotatable bonds is 4. The summed E-state index contributed by atoms with van der Waals surface area (Å²) in [5, 5.41) is 2.90. The van der Waals surface area contributed by atoms with Crippen molar-refractivity contribution >= 4 is 5.91 Å². The molecule has 0 radical (unpaired) electrons. The quantitative estimate of drug-likeness (QED) is 0.670. The van der Waals surface area contributed by atoms with Gasteiger partial charge in [0.05, 0.1) is 0 Å². The number of carbonyl (C=O) groups excluding carboxylic acids is 1. The van der Waals surface area contributed by atoms with E-state index >= 15 is 0 Å². The van der Waals surface area contributed by atoms with Gasteiger partial charge < -0.3 is 5.32 Å². The third-order valence-electron chi connectivity index (χ3n) is 4.29. The first-order valence-corrected chi connectivity index (χ1v) is 9.14. The van der Waals surface area contributed by atoms with Crippen LogP contribution in [-0.4, -0.2) is 11.9 Å². The first-order chi connectivity index (χ1) is 13.1. The van der Waals surface area contributed by atoms with Crippen LogP contribution in [0.2, 0.25) is 0 Å². The summed E-state index contributed by atoms with van der Waals surface area (Å²) in [5.74, 6) is 6.44. The third kappa shape index (κ3) is 5.59. The Labute approximate surface area is 161 Å². The number of amides is 1. The lowest BCUT2D eigenvalue weighted by atomic mass is 10.0. The zero-order valence-electron chi connectivity index (χ0n) is 15.7. The van der Waals surface area contributed by atoms with Crippen LogP contribution in [0.5, 0.6) is 0 Å². The molecule has 0 aliphatic rings. The van der Waals surface area contributed by atoms with Crippen molar-refractivity contribution < 1.29 is 4.79 Å². The van der Waals surface area contributed by atoms with Gasteiger partial charge >= 0.3 is 0 Å². The van der Waals surface area contributed by atoms with Crippen LogP contribution in [0.4, 0.5) is 0 Å². The zero-order valence-corrected chi connectivity index (χ0v) is 15.7. The Morgan fingerprint density at radius 3 is 1.89 bits per heavy atom. The topological polar surface area (TPSA) is 29.1 Å². The van der Waals surface area contributed by atoms with Crippen molar-refractivity contribution in [1.29, 1.82) is 0 Å². The predicted molar refractivity (Wildman–Crippen MR) is 111 cm³/mol. The Hall–Kier alpha value is -3.31. The highest BCUT2D eigenvalue weighted by molar-refractivity contribution is 5.73. The van der Waals surface area contributed by atoms with Crippen LogP contribution in [0.1, 0.15) is 30.5 Å². The predicted octanol–water partition coefficient (Wildman–Crippen LogP) is 4.82. The standard InChI is InChI=1S/C25H23NO/c1-19(26-20(2)27)18-23-12-10-21(11-13-23)8-9-22-14-16-25(17-15-22)24-6-4-3-5-7-24/h3-7,10-17,19H,18H2,1-2H3,(H,26,27). The van der Waals surface area contributed by atoms with Crippen molar-refractivity contribution in [3.05, 3.63) is 95.6 Å². The van der Waals surface area contributed by atoms with Gasteiger partial charge in [0.1, 0.15) is 0 Å². The van der Waals surface area contributed by atoms with Crippen LogP contribution in [0, 0.1) is 11.8 Å². The van der Waals surface area contributed by atoms with Crippen LogP contribution >= 0.6 is 0 Å². The molecule has 0 aliphatic heterocycles. The Morgan fingerprint density at radius 2 is 1.33 bits per heavy atom. The molecular formula is C25H23NO. The van der Waals surface area contributed by atoms with Crippen molar-refractivity contribution in [2.75, 3.05) is 0 Å². The molecule has 0 saturated heterocycles. The summed E-state index contributed by atoms with van der Waals surface area (Å²) in [6.07, 6.45) is 0.814. The minimum Gasteiger partial charge on any atom is -0.354 e. The van der Waals surface area contributed by atoms with E-state index in [1.54, 1.807) is 6.92 Å². The van der Waals surface area contributed by atoms with E-state index in [-0.39, 0.29) is 11.9 Å². The Bertz CT molecular complexity index is 945. The number of benzene rings is 3. The Kier molecular flexibility index (Phi) is 6.07. The normalized spacial score (nSPS) is 11.2. The maximum Gasteiger partial charge on any atom is 0.217 e. The first-order valence-electron chi connectivity index (χ1n) is 9.14. The lowest BCUT2D eigenvalue weighted by molar-refractivity contribution is -0.119. The van der Waals surface area contributed by atoms with E-state index in [1.807, 2.05) is 37.3 Å². The van der Waals surface area contributed by atoms with Gasteiger partial charge in [0, 0.05) is 24.1 Å². The lowest BCUT2D eigenvalue weighted by Crippen LogP contribution is -2.31. The molecule has 27 heavy (non-hydrogen) atoms. The fourth-order valence-corrected chi connectivity index (χ4v) is 3.00. The van der Waals surface area contributed by atoms with Gasteiger partial charge in [0.15, 0.2) is 0 Å². The molecule has 0 bridgehead atoms. The van der Waals surface area contributed by atoms with Crippen LogP contribution in [0.3, 0.4) is 0 Å². The van der Waals surface area contributed by atoms with E-state index in [2.05, 4.69) is 65.7 Å². The van der Waals surface area contributed by atoms with Gasteiger partial charge in [-0.15, -0.1) is 0 Å². The molecule has 1 amide bonds. The highest BCUT2D eigenvalue weighted by Gasteiger charge is 2.04. The second-order valence-corrected chi connectivity index (χ2v) is 6.70. The molecule has 0 saturated carbocycles. The summed E-state index contributed by atoms with van der Waals surface area (Å²) in [7, 11) is 0. The first kappa shape index (κ1) is 18.5. The molecule has 3 aromatic rings. The van der Waals surface area contributed by atoms with Crippen molar-refractivity contribution in [2.45, 2.75) is 26.3 Å². The summed E-state index contributed by atoms with van der Waals surface area (Å²) in [6, 6.07) is 27.0. The van der Waals surface area contributed by atoms with Crippen molar-refractivity contribution in [2.24, 2.45) is 0 Å². The molecular weight excluding hydrogens is 330 g/mol. The smallest absolute Gasteiger partial charge is 0.217 e. The monoisotopic (exact) mass is 353 g/mol. The minimum absolute atomic E-state index is 0.00303. The molecule has 134 valence electrons. The van der Waals surface area contributed by atoms with Gasteiger partial charge in [0.25, 0.3) is 0 Å². The van der Waals surface area contributed by atoms with E-state index in [4.69, 9.17) is 0 Å². The Morgan fingerprint density at radius 1 is 0.815 bits per heavy atom. The van der Waals surface area contributed by atoms with E-state index < -0.39 is 0 Å². The van der Waals surface area contributed by atoms with Gasteiger partial charge in [-0.2, -0.15) is 0 Å². The molecule has 1 atom stereocenters. The molecule has 2 nitrogen and oxygen atoms in total. The average molecular weight is 353 g/mol. The molecule has 3 aromatic carbocycles. The summed E-state index contributed by atoms with van der Waals surface area (Å²) in [4.78, 5) is 11.1. The SMILES string of the molecule is CC(=O)NC(C)Cc1ccc(C#Cc2ccc(-c3ccccc3)cc2)cc1. The highest BCUT2D eigenvalue weighted by atomic mass is 16.1. The van der Waals surface area contributed by atoms with E-state index in [9.17, 15) is 4.79 Å². The number of carbonyl (C=O) groups is 1. The summed E-state index contributed by atoms with van der Waals surface area (Å²) < 4.78 is 0. The van der Waals surface area contributed by atoms with Crippen molar-refractivity contribution in [1.82, 2.24) is 5.32 Å². The molecule has 0 aromatic heterocycles. The molecule has 0 fully saturated rings. The van der Waals surface area contributed by atoms with Gasteiger partial charge in [-0.1, -0.05) is 66.4 Å². The molecule has 0 aliphatic carbocycles. The largest absolute Gasteiger partial charge is 0.354 e. The molecule has 0 heterocycles. The second-order valence-electron chi connectivity index (χ2n) is 6.70. The maximum atomic E-state index is 11.1. The van der Waals surface area contributed by atoms with Crippen LogP contribution in [-0.2, 0) is 11.2 Å². The number of hydrogen-bond acceptors (Lipinski definition) is 1. The number of hydrogen-bond donors (Lipinski definition) is 1. The fourth-order valence-electron chi connectivity index (χ4n) is 3.00. The van der Waals surface area contributed by atoms with Crippen molar-refractivity contribution in [3.8, 4) is 23.0 Å². The van der Waals surface area contributed by atoms with E-state index in [0.717, 1.165) is 17.5 Å². The Balaban J connectivity index is 1.64. The molecule has 3 rings (SSSR count). The van der Waals surface area contributed by atoms with Crippen LogP contribution < -0.4 is 5.32 Å². The van der Waals surface area contributed by atoms with Gasteiger partial charge in [-0.25, -0.2) is 0 Å². The van der Waals surface area contributed by atoms with E-state index in [0.29, 0.717) is 0 Å². The maximum absolute atomic E-state index is 11.1.